The number of hydrogen-bond donors (Lipinski definition) is 3. The van der Waals surface area contributed by atoms with Crippen molar-refractivity contribution in [2.45, 2.75) is 19.1 Å². The van der Waals surface area contributed by atoms with Crippen LogP contribution in [0.3, 0.4) is 0 Å². The molecule has 1 rings (SSSR count). The highest BCUT2D eigenvalue weighted by Gasteiger charge is 2.14. The van der Waals surface area contributed by atoms with Crippen molar-refractivity contribution in [3.05, 3.63) is 35.9 Å². The Balaban J connectivity index is 2.52. The summed E-state index contributed by atoms with van der Waals surface area (Å²) in [4.78, 5) is 0. The van der Waals surface area contributed by atoms with Crippen molar-refractivity contribution >= 4 is 0 Å². The highest BCUT2D eigenvalue weighted by Crippen LogP contribution is 2.15. The van der Waals surface area contributed by atoms with Gasteiger partial charge in [-0.1, -0.05) is 30.3 Å². The Labute approximate surface area is 84.4 Å². The second-order valence-corrected chi connectivity index (χ2v) is 3.32. The molecule has 0 saturated heterocycles. The van der Waals surface area contributed by atoms with Gasteiger partial charge < -0.3 is 15.5 Å². The summed E-state index contributed by atoms with van der Waals surface area (Å²) in [6.07, 6.45) is -0.525. The van der Waals surface area contributed by atoms with Crippen LogP contribution in [-0.4, -0.2) is 29.4 Å². The lowest BCUT2D eigenvalue weighted by Gasteiger charge is -2.20. The average Bonchev–Trinajstić information content (AvgIpc) is 2.26. The first-order chi connectivity index (χ1) is 6.75. The smallest absolute Gasteiger partial charge is 0.0940 e. The van der Waals surface area contributed by atoms with Crippen molar-refractivity contribution in [2.75, 3.05) is 13.2 Å². The van der Waals surface area contributed by atoms with Crippen LogP contribution in [0.5, 0.6) is 0 Å². The summed E-state index contributed by atoms with van der Waals surface area (Å²) in [5, 5.41) is 21.5. The first-order valence-electron chi connectivity index (χ1n) is 4.83. The molecule has 0 amide bonds. The van der Waals surface area contributed by atoms with Gasteiger partial charge in [0.1, 0.15) is 0 Å². The lowest BCUT2D eigenvalue weighted by molar-refractivity contribution is 0.132. The molecular weight excluding hydrogens is 178 g/mol. The third kappa shape index (κ3) is 3.10. The van der Waals surface area contributed by atoms with Crippen molar-refractivity contribution in [1.82, 2.24) is 5.32 Å². The van der Waals surface area contributed by atoms with Gasteiger partial charge in [0.05, 0.1) is 12.7 Å². The fourth-order valence-corrected chi connectivity index (χ4v) is 1.34. The summed E-state index contributed by atoms with van der Waals surface area (Å²) in [5.74, 6) is 0. The summed E-state index contributed by atoms with van der Waals surface area (Å²) in [6, 6.07) is 9.45. The molecule has 0 bridgehead atoms. The van der Waals surface area contributed by atoms with Gasteiger partial charge in [0.15, 0.2) is 0 Å². The molecule has 0 aromatic heterocycles. The Morgan fingerprint density at radius 3 is 2.50 bits per heavy atom. The first-order valence-corrected chi connectivity index (χ1v) is 4.83. The normalized spacial score (nSPS) is 15.1. The zero-order valence-corrected chi connectivity index (χ0v) is 8.35. The van der Waals surface area contributed by atoms with Gasteiger partial charge in [0.25, 0.3) is 0 Å². The summed E-state index contributed by atoms with van der Waals surface area (Å²) in [6.45, 7) is 2.49. The molecule has 0 fully saturated rings. The van der Waals surface area contributed by atoms with Crippen LogP contribution >= 0.6 is 0 Å². The number of nitrogens with one attached hydrogen (secondary N) is 1. The maximum Gasteiger partial charge on any atom is 0.0940 e. The van der Waals surface area contributed by atoms with E-state index in [0.717, 1.165) is 5.56 Å². The molecule has 1 aromatic carbocycles. The number of aliphatic hydroxyl groups excluding tert-OH is 2. The van der Waals surface area contributed by atoms with Crippen LogP contribution in [0.4, 0.5) is 0 Å². The predicted octanol–water partition coefficient (Wildman–Crippen LogP) is 0.690. The molecule has 0 aliphatic rings. The summed E-state index contributed by atoms with van der Waals surface area (Å²) >= 11 is 0. The molecule has 0 saturated carbocycles. The van der Waals surface area contributed by atoms with E-state index >= 15 is 0 Å². The van der Waals surface area contributed by atoms with Gasteiger partial charge in [0.2, 0.25) is 0 Å². The minimum absolute atomic E-state index is 0.0513. The average molecular weight is 195 g/mol. The molecule has 3 heteroatoms. The van der Waals surface area contributed by atoms with Crippen molar-refractivity contribution in [2.24, 2.45) is 0 Å². The molecule has 0 spiro atoms. The summed E-state index contributed by atoms with van der Waals surface area (Å²) in [7, 11) is 0. The van der Waals surface area contributed by atoms with E-state index < -0.39 is 6.10 Å². The Bertz CT molecular complexity index is 251. The fraction of sp³-hybridized carbons (Fsp3) is 0.455. The molecule has 1 aromatic rings. The van der Waals surface area contributed by atoms with E-state index in [-0.39, 0.29) is 12.6 Å². The van der Waals surface area contributed by atoms with E-state index in [0.29, 0.717) is 6.54 Å². The molecule has 3 nitrogen and oxygen atoms in total. The number of benzene rings is 1. The number of rotatable bonds is 5. The number of hydrogen-bond acceptors (Lipinski definition) is 3. The Morgan fingerprint density at radius 2 is 1.93 bits per heavy atom. The lowest BCUT2D eigenvalue weighted by Crippen LogP contribution is -2.34. The quantitative estimate of drug-likeness (QED) is 0.648. The van der Waals surface area contributed by atoms with Crippen LogP contribution in [0.2, 0.25) is 0 Å². The zero-order valence-electron chi connectivity index (χ0n) is 8.35. The van der Waals surface area contributed by atoms with E-state index in [1.165, 1.54) is 0 Å². The number of aliphatic hydroxyl groups is 2. The van der Waals surface area contributed by atoms with Gasteiger partial charge in [-0.15, -0.1) is 0 Å². The van der Waals surface area contributed by atoms with Gasteiger partial charge in [-0.3, -0.25) is 0 Å². The molecule has 0 heterocycles. The third-order valence-electron chi connectivity index (χ3n) is 2.19. The third-order valence-corrected chi connectivity index (χ3v) is 2.19. The van der Waals surface area contributed by atoms with Crippen molar-refractivity contribution in [1.29, 1.82) is 0 Å². The summed E-state index contributed by atoms with van der Waals surface area (Å²) < 4.78 is 0. The molecule has 3 N–H and O–H groups in total. The monoisotopic (exact) mass is 195 g/mol. The Morgan fingerprint density at radius 1 is 1.29 bits per heavy atom. The van der Waals surface area contributed by atoms with Gasteiger partial charge >= 0.3 is 0 Å². The van der Waals surface area contributed by atoms with Crippen LogP contribution < -0.4 is 5.32 Å². The van der Waals surface area contributed by atoms with Gasteiger partial charge in [-0.05, 0) is 12.5 Å². The van der Waals surface area contributed by atoms with E-state index in [1.54, 1.807) is 0 Å². The van der Waals surface area contributed by atoms with Crippen LogP contribution in [0.1, 0.15) is 18.6 Å². The second-order valence-electron chi connectivity index (χ2n) is 3.32. The topological polar surface area (TPSA) is 52.5 Å². The highest BCUT2D eigenvalue weighted by atomic mass is 16.3. The standard InChI is InChI=1S/C11H17NO2/c1-9(12-7-8-13)11(14)10-5-3-2-4-6-10/h2-6,9,11-14H,7-8H2,1H3/t9-,11-/m0/s1. The molecule has 78 valence electrons. The van der Waals surface area contributed by atoms with E-state index in [1.807, 2.05) is 37.3 Å². The first kappa shape index (κ1) is 11.2. The zero-order chi connectivity index (χ0) is 10.4. The maximum atomic E-state index is 9.87. The van der Waals surface area contributed by atoms with Gasteiger partial charge in [-0.25, -0.2) is 0 Å². The van der Waals surface area contributed by atoms with E-state index in [2.05, 4.69) is 5.32 Å². The Hall–Kier alpha value is -0.900. The van der Waals surface area contributed by atoms with Crippen molar-refractivity contribution in [3.63, 3.8) is 0 Å². The lowest BCUT2D eigenvalue weighted by atomic mass is 10.0. The van der Waals surface area contributed by atoms with E-state index in [4.69, 9.17) is 5.11 Å². The highest BCUT2D eigenvalue weighted by molar-refractivity contribution is 5.18. The molecule has 0 aliphatic heterocycles. The van der Waals surface area contributed by atoms with E-state index in [9.17, 15) is 5.11 Å². The molecule has 14 heavy (non-hydrogen) atoms. The molecule has 0 radical (unpaired) electrons. The van der Waals surface area contributed by atoms with Crippen LogP contribution in [0, 0.1) is 0 Å². The fourth-order valence-electron chi connectivity index (χ4n) is 1.34. The van der Waals surface area contributed by atoms with Crippen molar-refractivity contribution < 1.29 is 10.2 Å². The summed E-state index contributed by atoms with van der Waals surface area (Å²) in [5.41, 5.74) is 0.894. The minimum atomic E-state index is -0.525. The SMILES string of the molecule is C[C@H](NCCO)[C@H](O)c1ccccc1. The van der Waals surface area contributed by atoms with Gasteiger partial charge in [0, 0.05) is 12.6 Å². The molecule has 0 aliphatic carbocycles. The molecule has 0 unspecified atom stereocenters. The van der Waals surface area contributed by atoms with Crippen LogP contribution in [-0.2, 0) is 0 Å². The van der Waals surface area contributed by atoms with Crippen LogP contribution in [0.25, 0.3) is 0 Å². The Kier molecular flexibility index (Phi) is 4.59. The largest absolute Gasteiger partial charge is 0.395 e. The van der Waals surface area contributed by atoms with Gasteiger partial charge in [-0.2, -0.15) is 0 Å². The van der Waals surface area contributed by atoms with Crippen LogP contribution in [0.15, 0.2) is 30.3 Å². The second kappa shape index (κ2) is 5.75. The maximum absolute atomic E-state index is 9.87. The molecule has 2 atom stereocenters. The van der Waals surface area contributed by atoms with Crippen molar-refractivity contribution in [3.8, 4) is 0 Å². The molecular formula is C11H17NO2. The minimum Gasteiger partial charge on any atom is -0.395 e. The predicted molar refractivity (Wildman–Crippen MR) is 56.0 cm³/mol.